The van der Waals surface area contributed by atoms with Crippen LogP contribution in [0.1, 0.15) is 0 Å². The zero-order chi connectivity index (χ0) is 28.6. The number of alkyl halides is 17. The van der Waals surface area contributed by atoms with Crippen LogP contribution >= 0.6 is 0 Å². The van der Waals surface area contributed by atoms with E-state index >= 15 is 0 Å². The standard InChI is InChI=1S/C13H13F17O4Si/c1-31-35(32-2,33-3)34-7(18)9(21,22)11(25,26)13(29,30)12(27,28)10(23,24)8(19,20)5(15)4(14)6(16)17/h4-7H,1-3H3. The molecule has 0 aliphatic heterocycles. The quantitative estimate of drug-likeness (QED) is 0.202. The Morgan fingerprint density at radius 1 is 0.514 bits per heavy atom. The molecule has 3 atom stereocenters. The summed E-state index contributed by atoms with van der Waals surface area (Å²) in [5.74, 6) is -48.2. The van der Waals surface area contributed by atoms with E-state index in [9.17, 15) is 74.6 Å². The van der Waals surface area contributed by atoms with Crippen LogP contribution in [0.4, 0.5) is 74.6 Å². The van der Waals surface area contributed by atoms with Crippen molar-refractivity contribution in [1.29, 1.82) is 0 Å². The summed E-state index contributed by atoms with van der Waals surface area (Å²) >= 11 is 0. The van der Waals surface area contributed by atoms with Gasteiger partial charge in [0.15, 0.2) is 6.17 Å². The SMILES string of the molecule is CO[Si](OC)(OC)OC(F)C(F)(F)C(F)(F)C(F)(F)C(F)(F)C(F)(F)C(F)(F)C(F)C(F)C(F)F. The Balaban J connectivity index is 6.57. The van der Waals surface area contributed by atoms with E-state index in [1.54, 1.807) is 0 Å². The van der Waals surface area contributed by atoms with Gasteiger partial charge in [0, 0.05) is 21.3 Å². The van der Waals surface area contributed by atoms with Gasteiger partial charge in [-0.3, -0.25) is 0 Å². The van der Waals surface area contributed by atoms with Crippen molar-refractivity contribution in [2.75, 3.05) is 21.3 Å². The zero-order valence-electron chi connectivity index (χ0n) is 16.9. The molecule has 22 heteroatoms. The first-order valence-corrected chi connectivity index (χ1v) is 9.76. The molecule has 0 aromatic rings. The first-order valence-electron chi connectivity index (χ1n) is 8.13. The molecule has 0 aromatic heterocycles. The molecule has 4 nitrogen and oxygen atoms in total. The van der Waals surface area contributed by atoms with Crippen LogP contribution in [0.3, 0.4) is 0 Å². The van der Waals surface area contributed by atoms with Gasteiger partial charge in [-0.25, -0.2) is 22.0 Å². The molecule has 212 valence electrons. The Labute approximate surface area is 184 Å². The summed E-state index contributed by atoms with van der Waals surface area (Å²) < 4.78 is 243. The largest absolute Gasteiger partial charge is 0.681 e. The van der Waals surface area contributed by atoms with Crippen molar-refractivity contribution in [3.05, 3.63) is 0 Å². The second-order valence-corrected chi connectivity index (χ2v) is 8.73. The summed E-state index contributed by atoms with van der Waals surface area (Å²) in [5, 5.41) is 0. The van der Waals surface area contributed by atoms with E-state index in [-0.39, 0.29) is 0 Å². The lowest BCUT2D eigenvalue weighted by Crippen LogP contribution is -2.73. The van der Waals surface area contributed by atoms with Gasteiger partial charge in [-0.05, 0) is 0 Å². The van der Waals surface area contributed by atoms with E-state index in [0.717, 1.165) is 0 Å². The average Bonchev–Trinajstić information content (AvgIpc) is 2.75. The highest BCUT2D eigenvalue weighted by atomic mass is 28.4. The molecule has 0 saturated heterocycles. The van der Waals surface area contributed by atoms with Crippen LogP contribution in [-0.2, 0) is 17.7 Å². The van der Waals surface area contributed by atoms with Gasteiger partial charge in [0.05, 0.1) is 0 Å². The number of halogens is 17. The van der Waals surface area contributed by atoms with E-state index < -0.39 is 69.7 Å². The Bertz CT molecular complexity index is 693. The lowest BCUT2D eigenvalue weighted by molar-refractivity contribution is -0.439. The van der Waals surface area contributed by atoms with Crippen LogP contribution in [0, 0.1) is 0 Å². The molecule has 0 saturated carbocycles. The van der Waals surface area contributed by atoms with Crippen molar-refractivity contribution in [3.8, 4) is 0 Å². The number of hydrogen-bond donors (Lipinski definition) is 0. The minimum absolute atomic E-state index is 0.429. The van der Waals surface area contributed by atoms with Gasteiger partial charge in [0.1, 0.15) is 0 Å². The van der Waals surface area contributed by atoms with Crippen LogP contribution in [0.15, 0.2) is 0 Å². The molecule has 0 radical (unpaired) electrons. The molecule has 0 fully saturated rings. The van der Waals surface area contributed by atoms with Crippen LogP contribution in [0.2, 0.25) is 0 Å². The summed E-state index contributed by atoms with van der Waals surface area (Å²) in [6.45, 7) is 0. The molecule has 3 unspecified atom stereocenters. The molecule has 0 aliphatic carbocycles. The van der Waals surface area contributed by atoms with Crippen molar-refractivity contribution in [3.63, 3.8) is 0 Å². The van der Waals surface area contributed by atoms with Crippen LogP contribution < -0.4 is 0 Å². The summed E-state index contributed by atoms with van der Waals surface area (Å²) in [7, 11) is -3.94. The van der Waals surface area contributed by atoms with E-state index in [0.29, 0.717) is 21.3 Å². The number of hydrogen-bond acceptors (Lipinski definition) is 4. The van der Waals surface area contributed by atoms with Crippen molar-refractivity contribution in [2.24, 2.45) is 0 Å². The maximum absolute atomic E-state index is 13.8. The van der Waals surface area contributed by atoms with Crippen LogP contribution in [0.25, 0.3) is 0 Å². The molecule has 35 heavy (non-hydrogen) atoms. The second kappa shape index (κ2) is 10.3. The third-order valence-corrected chi connectivity index (χ3v) is 6.17. The Kier molecular flexibility index (Phi) is 9.99. The molecule has 0 amide bonds. The molecule has 0 heterocycles. The van der Waals surface area contributed by atoms with Gasteiger partial charge >= 0.3 is 44.6 Å². The number of rotatable bonds is 14. The molecule has 0 aromatic carbocycles. The second-order valence-electron chi connectivity index (χ2n) is 6.27. The first kappa shape index (κ1) is 33.9. The van der Waals surface area contributed by atoms with Gasteiger partial charge in [-0.1, -0.05) is 0 Å². The highest BCUT2D eigenvalue weighted by Crippen LogP contribution is 2.61. The van der Waals surface area contributed by atoms with Gasteiger partial charge in [-0.2, -0.15) is 52.7 Å². The fourth-order valence-corrected chi connectivity index (χ4v) is 3.24. The van der Waals surface area contributed by atoms with Crippen LogP contribution in [-0.4, -0.2) is 91.0 Å². The van der Waals surface area contributed by atoms with Gasteiger partial charge < -0.3 is 17.7 Å². The average molecular weight is 584 g/mol. The fourth-order valence-electron chi connectivity index (χ4n) is 2.05. The topological polar surface area (TPSA) is 36.9 Å². The molecule has 0 bridgehead atoms. The maximum atomic E-state index is 13.8. The summed E-state index contributed by atoms with van der Waals surface area (Å²) in [6.07, 6.45) is -20.9. The van der Waals surface area contributed by atoms with Crippen molar-refractivity contribution in [2.45, 2.75) is 60.7 Å². The molecule has 0 N–H and O–H groups in total. The normalized spacial score (nSPS) is 18.1. The highest BCUT2D eigenvalue weighted by molar-refractivity contribution is 6.53. The molecule has 0 aliphatic rings. The Hall–Kier alpha value is -1.13. The molecule has 0 rings (SSSR count). The first-order chi connectivity index (χ1) is 15.3. The van der Waals surface area contributed by atoms with Crippen molar-refractivity contribution >= 4 is 9.05 Å². The fraction of sp³-hybridized carbons (Fsp3) is 1.00. The van der Waals surface area contributed by atoms with Crippen molar-refractivity contribution < 1.29 is 92.3 Å². The van der Waals surface area contributed by atoms with E-state index in [1.165, 1.54) is 0 Å². The molecular formula is C13H13F17O4Si. The summed E-state index contributed by atoms with van der Waals surface area (Å²) in [6, 6.07) is 0. The Morgan fingerprint density at radius 3 is 1.11 bits per heavy atom. The highest BCUT2D eigenvalue weighted by Gasteiger charge is 2.92. The third kappa shape index (κ3) is 5.16. The van der Waals surface area contributed by atoms with E-state index in [2.05, 4.69) is 17.7 Å². The molecular weight excluding hydrogens is 571 g/mol. The van der Waals surface area contributed by atoms with Crippen molar-refractivity contribution in [1.82, 2.24) is 0 Å². The van der Waals surface area contributed by atoms with Gasteiger partial charge in [0.25, 0.3) is 12.8 Å². The smallest absolute Gasteiger partial charge is 0.355 e. The molecule has 0 spiro atoms. The Morgan fingerprint density at radius 2 is 0.829 bits per heavy atom. The monoisotopic (exact) mass is 584 g/mol. The maximum Gasteiger partial charge on any atom is 0.681 e. The third-order valence-electron chi connectivity index (χ3n) is 4.17. The van der Waals surface area contributed by atoms with E-state index in [1.807, 2.05) is 0 Å². The lowest BCUT2D eigenvalue weighted by Gasteiger charge is -2.42. The minimum Gasteiger partial charge on any atom is -0.355 e. The van der Waals surface area contributed by atoms with Crippen LogP contribution in [0.5, 0.6) is 0 Å². The predicted molar refractivity (Wildman–Crippen MR) is 78.2 cm³/mol. The van der Waals surface area contributed by atoms with Gasteiger partial charge in [-0.15, -0.1) is 0 Å². The van der Waals surface area contributed by atoms with E-state index in [4.69, 9.17) is 0 Å². The van der Waals surface area contributed by atoms with Gasteiger partial charge in [0.2, 0.25) is 6.17 Å². The summed E-state index contributed by atoms with van der Waals surface area (Å²) in [4.78, 5) is 0. The zero-order valence-corrected chi connectivity index (χ0v) is 17.9. The minimum atomic E-state index is -8.47. The lowest BCUT2D eigenvalue weighted by atomic mass is 9.89. The summed E-state index contributed by atoms with van der Waals surface area (Å²) in [5.41, 5.74) is 0. The predicted octanol–water partition coefficient (Wildman–Crippen LogP) is 5.43.